The highest BCUT2D eigenvalue weighted by atomic mass is 32.2. The lowest BCUT2D eigenvalue weighted by Crippen LogP contribution is -2.37. The fourth-order valence-corrected chi connectivity index (χ4v) is 4.73. The molecule has 0 fully saturated rings. The van der Waals surface area contributed by atoms with Gasteiger partial charge in [-0.25, -0.2) is 17.5 Å². The topological polar surface area (TPSA) is 84.3 Å². The first-order valence-electron chi connectivity index (χ1n) is 9.12. The van der Waals surface area contributed by atoms with Crippen LogP contribution in [0, 0.1) is 5.82 Å². The molecule has 0 saturated carbocycles. The number of anilines is 1. The Morgan fingerprint density at radius 3 is 2.79 bits per heavy atom. The van der Waals surface area contributed by atoms with Crippen molar-refractivity contribution in [2.75, 3.05) is 23.1 Å². The number of benzene rings is 2. The molecule has 0 atom stereocenters. The van der Waals surface area contributed by atoms with Gasteiger partial charge in [-0.2, -0.15) is 5.10 Å². The zero-order valence-corrected chi connectivity index (χ0v) is 16.3. The van der Waals surface area contributed by atoms with E-state index in [-0.39, 0.29) is 18.0 Å². The van der Waals surface area contributed by atoms with Crippen LogP contribution < -0.4 is 9.62 Å². The van der Waals surface area contributed by atoms with E-state index in [0.717, 1.165) is 5.56 Å². The number of amides is 1. The lowest BCUT2D eigenvalue weighted by molar-refractivity contribution is 0.0950. The first kappa shape index (κ1) is 19.1. The third kappa shape index (κ3) is 4.00. The molecule has 2 aromatic carbocycles. The maximum Gasteiger partial charge on any atom is 0.271 e. The summed E-state index contributed by atoms with van der Waals surface area (Å²) in [7, 11) is -3.54. The molecule has 1 N–H and O–H groups in total. The zero-order chi connectivity index (χ0) is 20.4. The van der Waals surface area contributed by atoms with Gasteiger partial charge in [0.1, 0.15) is 5.82 Å². The van der Waals surface area contributed by atoms with Crippen molar-refractivity contribution in [3.63, 3.8) is 0 Å². The fourth-order valence-electron chi connectivity index (χ4n) is 3.30. The molecule has 0 aliphatic carbocycles. The predicted octanol–water partition coefficient (Wildman–Crippen LogP) is 2.13. The van der Waals surface area contributed by atoms with Gasteiger partial charge in [0.15, 0.2) is 5.69 Å². The molecule has 1 amide bonds. The second-order valence-corrected chi connectivity index (χ2v) is 8.66. The van der Waals surface area contributed by atoms with Crippen molar-refractivity contribution in [3.05, 3.63) is 77.9 Å². The standard InChI is InChI=1S/C20H19FN4O3S/c21-16-5-3-6-17(14-16)24-11-9-18(23-24)20(26)22-10-13-29(27,28)25-12-8-15-4-1-2-7-19(15)25/h1-7,9,11,14H,8,10,12-13H2,(H,22,26). The minimum absolute atomic E-state index is 0.0351. The Labute approximate surface area is 167 Å². The van der Waals surface area contributed by atoms with Crippen molar-refractivity contribution < 1.29 is 17.6 Å². The number of carbonyl (C=O) groups is 1. The molecule has 29 heavy (non-hydrogen) atoms. The molecule has 0 radical (unpaired) electrons. The van der Waals surface area contributed by atoms with Crippen LogP contribution in [0.25, 0.3) is 5.69 Å². The Hall–Kier alpha value is -3.20. The van der Waals surface area contributed by atoms with E-state index in [0.29, 0.717) is 24.3 Å². The highest BCUT2D eigenvalue weighted by Gasteiger charge is 2.28. The van der Waals surface area contributed by atoms with Crippen molar-refractivity contribution in [2.24, 2.45) is 0 Å². The van der Waals surface area contributed by atoms with Gasteiger partial charge in [0.25, 0.3) is 5.91 Å². The van der Waals surface area contributed by atoms with Gasteiger partial charge in [-0.1, -0.05) is 24.3 Å². The van der Waals surface area contributed by atoms with E-state index in [4.69, 9.17) is 0 Å². The summed E-state index contributed by atoms with van der Waals surface area (Å²) in [4.78, 5) is 12.3. The highest BCUT2D eigenvalue weighted by molar-refractivity contribution is 7.92. The first-order chi connectivity index (χ1) is 13.9. The number of carbonyl (C=O) groups excluding carboxylic acids is 1. The summed E-state index contributed by atoms with van der Waals surface area (Å²) in [6, 6.07) is 14.7. The molecule has 1 aliphatic heterocycles. The van der Waals surface area contributed by atoms with Crippen LogP contribution in [0.5, 0.6) is 0 Å². The van der Waals surface area contributed by atoms with Crippen LogP contribution in [-0.2, 0) is 16.4 Å². The molecule has 1 aliphatic rings. The predicted molar refractivity (Wildman–Crippen MR) is 107 cm³/mol. The molecule has 3 aromatic rings. The van der Waals surface area contributed by atoms with Gasteiger partial charge in [0.05, 0.1) is 17.1 Å². The molecule has 7 nitrogen and oxygen atoms in total. The minimum Gasteiger partial charge on any atom is -0.350 e. The zero-order valence-electron chi connectivity index (χ0n) is 15.5. The van der Waals surface area contributed by atoms with Gasteiger partial charge in [-0.05, 0) is 42.3 Å². The van der Waals surface area contributed by atoms with Crippen molar-refractivity contribution in [3.8, 4) is 5.69 Å². The quantitative estimate of drug-likeness (QED) is 0.670. The van der Waals surface area contributed by atoms with E-state index in [1.165, 1.54) is 27.2 Å². The van der Waals surface area contributed by atoms with Gasteiger partial charge in [0.2, 0.25) is 10.0 Å². The number of para-hydroxylation sites is 1. The van der Waals surface area contributed by atoms with Gasteiger partial charge >= 0.3 is 0 Å². The number of nitrogens with one attached hydrogen (secondary N) is 1. The largest absolute Gasteiger partial charge is 0.350 e. The van der Waals surface area contributed by atoms with Crippen LogP contribution in [0.2, 0.25) is 0 Å². The van der Waals surface area contributed by atoms with Crippen LogP contribution in [0.4, 0.5) is 10.1 Å². The van der Waals surface area contributed by atoms with Crippen molar-refractivity contribution >= 4 is 21.6 Å². The van der Waals surface area contributed by atoms with Gasteiger partial charge in [-0.3, -0.25) is 9.10 Å². The molecule has 0 bridgehead atoms. The van der Waals surface area contributed by atoms with Crippen LogP contribution >= 0.6 is 0 Å². The van der Waals surface area contributed by atoms with Gasteiger partial charge < -0.3 is 5.32 Å². The van der Waals surface area contributed by atoms with E-state index < -0.39 is 21.7 Å². The Bertz CT molecular complexity index is 1160. The Kier molecular flexibility index (Phi) is 5.06. The monoisotopic (exact) mass is 414 g/mol. The molecule has 1 aromatic heterocycles. The second-order valence-electron chi connectivity index (χ2n) is 6.65. The number of sulfonamides is 1. The average Bonchev–Trinajstić information content (AvgIpc) is 3.35. The van der Waals surface area contributed by atoms with Crippen LogP contribution in [0.1, 0.15) is 16.1 Å². The van der Waals surface area contributed by atoms with Gasteiger partial charge in [-0.15, -0.1) is 0 Å². The molecule has 0 unspecified atom stereocenters. The lowest BCUT2D eigenvalue weighted by Gasteiger charge is -2.19. The maximum atomic E-state index is 13.3. The average molecular weight is 414 g/mol. The van der Waals surface area contributed by atoms with Crippen molar-refractivity contribution in [1.82, 2.24) is 15.1 Å². The summed E-state index contributed by atoms with van der Waals surface area (Å²) >= 11 is 0. The third-order valence-corrected chi connectivity index (χ3v) is 6.49. The van der Waals surface area contributed by atoms with E-state index in [9.17, 15) is 17.6 Å². The molecule has 0 spiro atoms. The Morgan fingerprint density at radius 1 is 1.14 bits per heavy atom. The molecular formula is C20H19FN4O3S. The van der Waals surface area contributed by atoms with Crippen LogP contribution in [-0.4, -0.2) is 42.9 Å². The molecule has 4 rings (SSSR count). The molecule has 2 heterocycles. The number of fused-ring (bicyclic) bond motifs is 1. The number of hydrogen-bond donors (Lipinski definition) is 1. The summed E-state index contributed by atoms with van der Waals surface area (Å²) in [5.41, 5.74) is 2.31. The van der Waals surface area contributed by atoms with Crippen molar-refractivity contribution in [1.29, 1.82) is 0 Å². The van der Waals surface area contributed by atoms with Crippen molar-refractivity contribution in [2.45, 2.75) is 6.42 Å². The van der Waals surface area contributed by atoms with Gasteiger partial charge in [0, 0.05) is 19.3 Å². The minimum atomic E-state index is -3.54. The molecule has 0 saturated heterocycles. The third-order valence-electron chi connectivity index (χ3n) is 4.72. The lowest BCUT2D eigenvalue weighted by atomic mass is 10.2. The van der Waals surface area contributed by atoms with Crippen LogP contribution in [0.15, 0.2) is 60.8 Å². The highest BCUT2D eigenvalue weighted by Crippen LogP contribution is 2.29. The number of hydrogen-bond acceptors (Lipinski definition) is 4. The number of nitrogens with zero attached hydrogens (tertiary/aromatic N) is 3. The first-order valence-corrected chi connectivity index (χ1v) is 10.7. The Balaban J connectivity index is 1.37. The SMILES string of the molecule is O=C(NCCS(=O)(=O)N1CCc2ccccc21)c1ccn(-c2cccc(F)c2)n1. The summed E-state index contributed by atoms with van der Waals surface area (Å²) in [5.74, 6) is -1.10. The fraction of sp³-hybridized carbons (Fsp3) is 0.200. The summed E-state index contributed by atoms with van der Waals surface area (Å²) in [6.45, 7) is 0.375. The molecule has 150 valence electrons. The Morgan fingerprint density at radius 2 is 1.97 bits per heavy atom. The normalized spacial score (nSPS) is 13.3. The maximum absolute atomic E-state index is 13.3. The second kappa shape index (κ2) is 7.67. The summed E-state index contributed by atoms with van der Waals surface area (Å²) < 4.78 is 41.4. The van der Waals surface area contributed by atoms with E-state index in [1.807, 2.05) is 18.2 Å². The summed E-state index contributed by atoms with van der Waals surface area (Å²) in [5, 5.41) is 6.71. The number of halogens is 1. The van der Waals surface area contributed by atoms with Crippen LogP contribution in [0.3, 0.4) is 0 Å². The summed E-state index contributed by atoms with van der Waals surface area (Å²) in [6.07, 6.45) is 2.22. The molecular weight excluding hydrogens is 395 g/mol. The number of rotatable bonds is 6. The smallest absolute Gasteiger partial charge is 0.271 e. The molecule has 9 heteroatoms. The van der Waals surface area contributed by atoms with E-state index >= 15 is 0 Å². The van der Waals surface area contributed by atoms with E-state index in [1.54, 1.807) is 24.4 Å². The number of aromatic nitrogens is 2. The van der Waals surface area contributed by atoms with E-state index in [2.05, 4.69) is 10.4 Å².